The predicted octanol–water partition coefficient (Wildman–Crippen LogP) is 3.91. The number of nitrogens with zero attached hydrogens (tertiary/aromatic N) is 1. The highest BCUT2D eigenvalue weighted by atomic mass is 35.5. The van der Waals surface area contributed by atoms with Crippen molar-refractivity contribution in [3.8, 4) is 5.75 Å². The first-order valence-corrected chi connectivity index (χ1v) is 6.85. The number of ether oxygens (including phenoxy) is 1. The number of hydrogen-bond acceptors (Lipinski definition) is 4. The third kappa shape index (κ3) is 2.58. The minimum absolute atomic E-state index is 0.0590. The van der Waals surface area contributed by atoms with Crippen LogP contribution in [0.1, 0.15) is 15.9 Å². The van der Waals surface area contributed by atoms with Gasteiger partial charge in [0, 0.05) is 11.6 Å². The fourth-order valence-electron chi connectivity index (χ4n) is 2.24. The van der Waals surface area contributed by atoms with Crippen molar-refractivity contribution in [2.75, 3.05) is 6.61 Å². The smallest absolute Gasteiger partial charge is 0.288 e. The molecule has 0 radical (unpaired) electrons. The Balaban J connectivity index is 1.99. The lowest BCUT2D eigenvalue weighted by molar-refractivity contribution is -0.384. The van der Waals surface area contributed by atoms with E-state index in [0.717, 1.165) is 0 Å². The van der Waals surface area contributed by atoms with Crippen molar-refractivity contribution in [1.29, 1.82) is 0 Å². The van der Waals surface area contributed by atoms with Crippen LogP contribution in [0.25, 0.3) is 6.08 Å². The lowest BCUT2D eigenvalue weighted by Crippen LogP contribution is -2.18. The van der Waals surface area contributed by atoms with Crippen LogP contribution in [0.4, 0.5) is 5.69 Å². The van der Waals surface area contributed by atoms with E-state index in [-0.39, 0.29) is 23.1 Å². The highest BCUT2D eigenvalue weighted by molar-refractivity contribution is 6.32. The summed E-state index contributed by atoms with van der Waals surface area (Å²) >= 11 is 5.78. The van der Waals surface area contributed by atoms with Crippen LogP contribution < -0.4 is 4.74 Å². The standard InChI is InChI=1S/C16H10ClNO4/c17-13-6-5-10(8-14(13)18(20)21)7-11-9-22-15-4-2-1-3-12(15)16(11)19/h1-8H,9H2/b11-7-. The molecule has 0 unspecified atom stereocenters. The van der Waals surface area contributed by atoms with Crippen molar-refractivity contribution >= 4 is 29.1 Å². The van der Waals surface area contributed by atoms with E-state index in [1.807, 2.05) is 0 Å². The molecule has 0 fully saturated rings. The van der Waals surface area contributed by atoms with Crippen LogP contribution in [0.15, 0.2) is 48.0 Å². The quantitative estimate of drug-likeness (QED) is 0.478. The summed E-state index contributed by atoms with van der Waals surface area (Å²) in [6.45, 7) is 0.131. The molecule has 22 heavy (non-hydrogen) atoms. The number of benzene rings is 2. The molecule has 3 rings (SSSR count). The van der Waals surface area contributed by atoms with Gasteiger partial charge in [0.2, 0.25) is 0 Å². The fraction of sp³-hybridized carbons (Fsp3) is 0.0625. The molecule has 0 saturated heterocycles. The molecule has 1 aliphatic rings. The minimum atomic E-state index is -0.557. The van der Waals surface area contributed by atoms with Gasteiger partial charge < -0.3 is 4.74 Å². The van der Waals surface area contributed by atoms with E-state index in [1.165, 1.54) is 12.1 Å². The van der Waals surface area contributed by atoms with Crippen LogP contribution in [0, 0.1) is 10.1 Å². The number of carbonyl (C=O) groups excluding carboxylic acids is 1. The Morgan fingerprint density at radius 2 is 2.00 bits per heavy atom. The number of rotatable bonds is 2. The average Bonchev–Trinajstić information content (AvgIpc) is 2.52. The topological polar surface area (TPSA) is 69.4 Å². The number of halogens is 1. The second kappa shape index (κ2) is 5.61. The summed E-state index contributed by atoms with van der Waals surface area (Å²) in [5.41, 5.74) is 1.27. The molecular formula is C16H10ClNO4. The molecule has 6 heteroatoms. The van der Waals surface area contributed by atoms with Gasteiger partial charge in [-0.15, -0.1) is 0 Å². The Bertz CT molecular complexity index is 814. The summed E-state index contributed by atoms with van der Waals surface area (Å²) in [6, 6.07) is 11.4. The van der Waals surface area contributed by atoms with Gasteiger partial charge in [-0.1, -0.05) is 29.8 Å². The van der Waals surface area contributed by atoms with E-state index in [0.29, 0.717) is 22.4 Å². The van der Waals surface area contributed by atoms with Crippen LogP contribution in [-0.4, -0.2) is 17.3 Å². The van der Waals surface area contributed by atoms with E-state index < -0.39 is 4.92 Å². The van der Waals surface area contributed by atoms with E-state index in [9.17, 15) is 14.9 Å². The van der Waals surface area contributed by atoms with Crippen LogP contribution in [0.5, 0.6) is 5.75 Å². The van der Waals surface area contributed by atoms with Gasteiger partial charge in [0.25, 0.3) is 5.69 Å². The number of Topliss-reactive ketones (excluding diaryl/α,β-unsaturated/α-hetero) is 1. The summed E-state index contributed by atoms with van der Waals surface area (Å²) in [4.78, 5) is 22.7. The molecule has 0 bridgehead atoms. The highest BCUT2D eigenvalue weighted by Gasteiger charge is 2.23. The molecule has 1 aliphatic heterocycles. The lowest BCUT2D eigenvalue weighted by Gasteiger charge is -2.18. The Kier molecular flexibility index (Phi) is 3.65. The molecule has 2 aromatic rings. The maximum atomic E-state index is 12.4. The van der Waals surface area contributed by atoms with Crippen molar-refractivity contribution in [2.24, 2.45) is 0 Å². The van der Waals surface area contributed by atoms with E-state index in [2.05, 4.69) is 0 Å². The number of nitro benzene ring substituents is 1. The van der Waals surface area contributed by atoms with Crippen LogP contribution in [0.2, 0.25) is 5.02 Å². The number of nitro groups is 1. The SMILES string of the molecule is O=C1/C(=C\c2ccc(Cl)c([N+](=O)[O-])c2)COc2ccccc21. The van der Waals surface area contributed by atoms with Crippen LogP contribution >= 0.6 is 11.6 Å². The van der Waals surface area contributed by atoms with Crippen molar-refractivity contribution in [3.63, 3.8) is 0 Å². The number of hydrogen-bond donors (Lipinski definition) is 0. The fourth-order valence-corrected chi connectivity index (χ4v) is 2.43. The van der Waals surface area contributed by atoms with Crippen LogP contribution in [-0.2, 0) is 0 Å². The first-order valence-electron chi connectivity index (χ1n) is 6.47. The van der Waals surface area contributed by atoms with Crippen LogP contribution in [0.3, 0.4) is 0 Å². The maximum Gasteiger partial charge on any atom is 0.288 e. The monoisotopic (exact) mass is 315 g/mol. The summed E-state index contributed by atoms with van der Waals surface area (Å²) in [7, 11) is 0. The number of fused-ring (bicyclic) bond motifs is 1. The van der Waals surface area contributed by atoms with Gasteiger partial charge in [0.05, 0.1) is 10.5 Å². The third-order valence-corrected chi connectivity index (χ3v) is 3.63. The van der Waals surface area contributed by atoms with Gasteiger partial charge in [0.15, 0.2) is 5.78 Å². The first kappa shape index (κ1) is 14.3. The predicted molar refractivity (Wildman–Crippen MR) is 82.4 cm³/mol. The van der Waals surface area contributed by atoms with Gasteiger partial charge in [-0.05, 0) is 29.8 Å². The Hall–Kier alpha value is -2.66. The molecule has 0 amide bonds. The first-order chi connectivity index (χ1) is 10.6. The largest absolute Gasteiger partial charge is 0.488 e. The number of ketones is 1. The van der Waals surface area contributed by atoms with Gasteiger partial charge in [-0.25, -0.2) is 0 Å². The Morgan fingerprint density at radius 3 is 2.77 bits per heavy atom. The molecule has 2 aromatic carbocycles. The van der Waals surface area contributed by atoms with Crippen molar-refractivity contribution in [1.82, 2.24) is 0 Å². The summed E-state index contributed by atoms with van der Waals surface area (Å²) < 4.78 is 5.53. The zero-order valence-electron chi connectivity index (χ0n) is 11.3. The Morgan fingerprint density at radius 1 is 1.23 bits per heavy atom. The Labute approximate surface area is 130 Å². The number of para-hydroxylation sites is 1. The van der Waals surface area contributed by atoms with E-state index >= 15 is 0 Å². The zero-order chi connectivity index (χ0) is 15.7. The van der Waals surface area contributed by atoms with Crippen molar-refractivity contribution in [3.05, 3.63) is 74.3 Å². The summed E-state index contributed by atoms with van der Waals surface area (Å²) in [6.07, 6.45) is 1.58. The van der Waals surface area contributed by atoms with Gasteiger partial charge >= 0.3 is 0 Å². The molecule has 0 spiro atoms. The maximum absolute atomic E-state index is 12.4. The molecule has 0 saturated carbocycles. The normalized spacial score (nSPS) is 15.3. The second-order valence-electron chi connectivity index (χ2n) is 4.75. The van der Waals surface area contributed by atoms with Gasteiger partial charge in [-0.2, -0.15) is 0 Å². The van der Waals surface area contributed by atoms with Gasteiger partial charge in [0.1, 0.15) is 17.4 Å². The third-order valence-electron chi connectivity index (χ3n) is 3.31. The molecule has 1 heterocycles. The average molecular weight is 316 g/mol. The molecule has 0 N–H and O–H groups in total. The van der Waals surface area contributed by atoms with E-state index in [4.69, 9.17) is 16.3 Å². The minimum Gasteiger partial charge on any atom is -0.488 e. The molecule has 5 nitrogen and oxygen atoms in total. The van der Waals surface area contributed by atoms with Crippen molar-refractivity contribution < 1.29 is 14.5 Å². The number of carbonyl (C=O) groups is 1. The lowest BCUT2D eigenvalue weighted by atomic mass is 9.98. The highest BCUT2D eigenvalue weighted by Crippen LogP contribution is 2.29. The summed E-state index contributed by atoms with van der Waals surface area (Å²) in [5, 5.41) is 11.0. The molecular weight excluding hydrogens is 306 g/mol. The second-order valence-corrected chi connectivity index (χ2v) is 5.16. The summed E-state index contributed by atoms with van der Waals surface area (Å²) in [5.74, 6) is 0.409. The molecule has 0 aliphatic carbocycles. The van der Waals surface area contributed by atoms with E-state index in [1.54, 1.807) is 36.4 Å². The van der Waals surface area contributed by atoms with Gasteiger partial charge in [-0.3, -0.25) is 14.9 Å². The molecule has 110 valence electrons. The van der Waals surface area contributed by atoms with Crippen molar-refractivity contribution in [2.45, 2.75) is 0 Å². The molecule has 0 aromatic heterocycles. The molecule has 0 atom stereocenters. The zero-order valence-corrected chi connectivity index (χ0v) is 12.0.